The predicted molar refractivity (Wildman–Crippen MR) is 92.5 cm³/mol. The number of aryl methyl sites for hydroxylation is 3. The Morgan fingerprint density at radius 1 is 0.926 bits per heavy atom. The molecule has 4 nitrogen and oxygen atoms in total. The van der Waals surface area contributed by atoms with E-state index in [0.717, 1.165) is 28.6 Å². The van der Waals surface area contributed by atoms with Crippen LogP contribution in [0.3, 0.4) is 0 Å². The van der Waals surface area contributed by atoms with E-state index in [0.29, 0.717) is 5.69 Å². The lowest BCUT2D eigenvalue weighted by atomic mass is 10.1. The summed E-state index contributed by atoms with van der Waals surface area (Å²) >= 11 is 0. The van der Waals surface area contributed by atoms with E-state index in [1.165, 1.54) is 0 Å². The zero-order chi connectivity index (χ0) is 20.5. The summed E-state index contributed by atoms with van der Waals surface area (Å²) in [5.74, 6) is -9.32. The maximum atomic E-state index is 13.8. The van der Waals surface area contributed by atoms with E-state index in [-0.39, 0.29) is 6.07 Å². The highest BCUT2D eigenvalue weighted by Crippen LogP contribution is 2.22. The van der Waals surface area contributed by atoms with E-state index in [1.807, 2.05) is 32.9 Å². The van der Waals surface area contributed by atoms with Gasteiger partial charge in [0.15, 0.2) is 23.3 Å². The Labute approximate surface area is 153 Å². The lowest BCUT2D eigenvalue weighted by Crippen LogP contribution is -2.35. The van der Waals surface area contributed by atoms with Crippen molar-refractivity contribution in [3.8, 4) is 0 Å². The maximum absolute atomic E-state index is 13.8. The molecule has 0 bridgehead atoms. The molecular weight excluding hydrogens is 364 g/mol. The molecule has 0 fully saturated rings. The Balaban J connectivity index is 2.17. The van der Waals surface area contributed by atoms with Crippen LogP contribution in [-0.2, 0) is 4.79 Å². The van der Waals surface area contributed by atoms with E-state index < -0.39 is 47.2 Å². The molecule has 0 atom stereocenters. The van der Waals surface area contributed by atoms with Crippen molar-refractivity contribution in [2.75, 3.05) is 18.9 Å². The van der Waals surface area contributed by atoms with Gasteiger partial charge in [-0.3, -0.25) is 9.59 Å². The standard InChI is InChI=1S/C19H18F4N2O2/c1-9-5-10(2)18(11(3)6-9)24-14(26)8-25(4)19(27)12-7-13(20)16(22)17(23)15(12)21/h5-7H,8H2,1-4H3,(H,24,26). The summed E-state index contributed by atoms with van der Waals surface area (Å²) < 4.78 is 53.4. The zero-order valence-corrected chi connectivity index (χ0v) is 15.2. The smallest absolute Gasteiger partial charge is 0.257 e. The second-order valence-electron chi connectivity index (χ2n) is 6.33. The summed E-state index contributed by atoms with van der Waals surface area (Å²) in [6.07, 6.45) is 0. The second-order valence-corrected chi connectivity index (χ2v) is 6.33. The van der Waals surface area contributed by atoms with Gasteiger partial charge in [-0.15, -0.1) is 0 Å². The van der Waals surface area contributed by atoms with Gasteiger partial charge in [-0.2, -0.15) is 0 Å². The maximum Gasteiger partial charge on any atom is 0.257 e. The average Bonchev–Trinajstić information content (AvgIpc) is 2.58. The Hall–Kier alpha value is -2.90. The normalized spacial score (nSPS) is 10.7. The minimum atomic E-state index is -2.08. The molecule has 0 aliphatic heterocycles. The van der Waals surface area contributed by atoms with Crippen molar-refractivity contribution in [3.05, 3.63) is 63.7 Å². The minimum Gasteiger partial charge on any atom is -0.332 e. The minimum absolute atomic E-state index is 0.263. The molecule has 0 heterocycles. The number of rotatable bonds is 4. The largest absolute Gasteiger partial charge is 0.332 e. The van der Waals surface area contributed by atoms with Crippen molar-refractivity contribution in [1.82, 2.24) is 4.90 Å². The summed E-state index contributed by atoms with van der Waals surface area (Å²) in [4.78, 5) is 25.2. The summed E-state index contributed by atoms with van der Waals surface area (Å²) in [5.41, 5.74) is 2.25. The highest BCUT2D eigenvalue weighted by molar-refractivity contribution is 6.00. The van der Waals surface area contributed by atoms with E-state index in [1.54, 1.807) is 0 Å². The molecule has 0 aromatic heterocycles. The number of amides is 2. The molecular formula is C19H18F4N2O2. The van der Waals surface area contributed by atoms with Gasteiger partial charge < -0.3 is 10.2 Å². The Morgan fingerprint density at radius 3 is 2.04 bits per heavy atom. The van der Waals surface area contributed by atoms with Gasteiger partial charge in [0.2, 0.25) is 5.91 Å². The van der Waals surface area contributed by atoms with Crippen molar-refractivity contribution in [3.63, 3.8) is 0 Å². The highest BCUT2D eigenvalue weighted by atomic mass is 19.2. The van der Waals surface area contributed by atoms with Crippen LogP contribution in [-0.4, -0.2) is 30.3 Å². The number of hydrogen-bond acceptors (Lipinski definition) is 2. The van der Waals surface area contributed by atoms with Gasteiger partial charge in [-0.05, 0) is 38.0 Å². The molecule has 0 saturated heterocycles. The first kappa shape index (κ1) is 20.4. The second kappa shape index (κ2) is 7.77. The summed E-state index contributed by atoms with van der Waals surface area (Å²) in [6.45, 7) is 5.03. The molecule has 0 saturated carbocycles. The molecule has 2 amide bonds. The lowest BCUT2D eigenvalue weighted by Gasteiger charge is -2.19. The van der Waals surface area contributed by atoms with Crippen LogP contribution < -0.4 is 5.32 Å². The van der Waals surface area contributed by atoms with Gasteiger partial charge in [0.1, 0.15) is 0 Å². The lowest BCUT2D eigenvalue weighted by molar-refractivity contribution is -0.116. The van der Waals surface area contributed by atoms with Gasteiger partial charge in [0, 0.05) is 12.7 Å². The molecule has 8 heteroatoms. The number of likely N-dealkylation sites (N-methyl/N-ethyl adjacent to an activating group) is 1. The number of carbonyl (C=O) groups is 2. The van der Waals surface area contributed by atoms with Crippen LogP contribution in [0.4, 0.5) is 23.2 Å². The molecule has 27 heavy (non-hydrogen) atoms. The number of nitrogens with one attached hydrogen (secondary N) is 1. The SMILES string of the molecule is Cc1cc(C)c(NC(=O)CN(C)C(=O)c2cc(F)c(F)c(F)c2F)c(C)c1. The Morgan fingerprint density at radius 2 is 1.48 bits per heavy atom. The molecule has 1 N–H and O–H groups in total. The monoisotopic (exact) mass is 382 g/mol. The fourth-order valence-corrected chi connectivity index (χ4v) is 2.78. The van der Waals surface area contributed by atoms with Crippen molar-refractivity contribution < 1.29 is 27.2 Å². The molecule has 0 radical (unpaired) electrons. The first-order valence-electron chi connectivity index (χ1n) is 7.99. The van der Waals surface area contributed by atoms with E-state index in [9.17, 15) is 27.2 Å². The number of benzene rings is 2. The first-order valence-corrected chi connectivity index (χ1v) is 7.99. The summed E-state index contributed by atoms with van der Waals surface area (Å²) in [6, 6.07) is 4.01. The van der Waals surface area contributed by atoms with Crippen LogP contribution in [0.15, 0.2) is 18.2 Å². The van der Waals surface area contributed by atoms with Gasteiger partial charge in [-0.1, -0.05) is 17.7 Å². The fraction of sp³-hybridized carbons (Fsp3) is 0.263. The molecule has 0 unspecified atom stereocenters. The molecule has 2 aromatic carbocycles. The van der Waals surface area contributed by atoms with Crippen molar-refractivity contribution in [2.45, 2.75) is 20.8 Å². The van der Waals surface area contributed by atoms with Crippen molar-refractivity contribution >= 4 is 17.5 Å². The summed E-state index contributed by atoms with van der Waals surface area (Å²) in [7, 11) is 1.16. The molecule has 0 aliphatic rings. The third-order valence-corrected chi connectivity index (χ3v) is 4.00. The van der Waals surface area contributed by atoms with E-state index in [2.05, 4.69) is 5.32 Å². The average molecular weight is 382 g/mol. The zero-order valence-electron chi connectivity index (χ0n) is 15.2. The molecule has 144 valence electrons. The number of hydrogen-bond donors (Lipinski definition) is 1. The molecule has 2 rings (SSSR count). The Bertz CT molecular complexity index is 905. The van der Waals surface area contributed by atoms with Gasteiger partial charge in [-0.25, -0.2) is 17.6 Å². The number of carbonyl (C=O) groups excluding carboxylic acids is 2. The van der Waals surface area contributed by atoms with Crippen molar-refractivity contribution in [2.24, 2.45) is 0 Å². The number of nitrogens with zero attached hydrogens (tertiary/aromatic N) is 1. The van der Waals surface area contributed by atoms with Crippen LogP contribution in [0.1, 0.15) is 27.0 Å². The third-order valence-electron chi connectivity index (χ3n) is 4.00. The quantitative estimate of drug-likeness (QED) is 0.496. The first-order chi connectivity index (χ1) is 12.5. The van der Waals surface area contributed by atoms with Crippen LogP contribution in [0, 0.1) is 44.0 Å². The predicted octanol–water partition coefficient (Wildman–Crippen LogP) is 3.88. The van der Waals surface area contributed by atoms with Crippen LogP contribution in [0.25, 0.3) is 0 Å². The highest BCUT2D eigenvalue weighted by Gasteiger charge is 2.26. The Kier molecular flexibility index (Phi) is 5.88. The van der Waals surface area contributed by atoms with Gasteiger partial charge in [0.25, 0.3) is 5.91 Å². The van der Waals surface area contributed by atoms with E-state index in [4.69, 9.17) is 0 Å². The van der Waals surface area contributed by atoms with Gasteiger partial charge >= 0.3 is 0 Å². The van der Waals surface area contributed by atoms with Crippen LogP contribution >= 0.6 is 0 Å². The third kappa shape index (κ3) is 4.27. The molecule has 0 aliphatic carbocycles. The van der Waals surface area contributed by atoms with Crippen LogP contribution in [0.5, 0.6) is 0 Å². The summed E-state index contributed by atoms with van der Waals surface area (Å²) in [5, 5.41) is 2.65. The van der Waals surface area contributed by atoms with E-state index >= 15 is 0 Å². The number of halogens is 4. The molecule has 0 spiro atoms. The molecule has 2 aromatic rings. The fourth-order valence-electron chi connectivity index (χ4n) is 2.78. The topological polar surface area (TPSA) is 49.4 Å². The van der Waals surface area contributed by atoms with Crippen LogP contribution in [0.2, 0.25) is 0 Å². The number of anilines is 1. The van der Waals surface area contributed by atoms with Crippen molar-refractivity contribution in [1.29, 1.82) is 0 Å². The van der Waals surface area contributed by atoms with Gasteiger partial charge in [0.05, 0.1) is 12.1 Å².